The minimum atomic E-state index is -0.492. The number of hydrogen-bond acceptors (Lipinski definition) is 5. The molecule has 5 nitrogen and oxygen atoms in total. The monoisotopic (exact) mass is 292 g/mol. The number of aromatic nitrogens is 2. The summed E-state index contributed by atoms with van der Waals surface area (Å²) in [6, 6.07) is 2.01. The summed E-state index contributed by atoms with van der Waals surface area (Å²) in [5.74, 6) is 1.64. The van der Waals surface area contributed by atoms with E-state index in [0.29, 0.717) is 6.54 Å². The predicted molar refractivity (Wildman–Crippen MR) is 83.1 cm³/mol. The molecule has 0 radical (unpaired) electrons. The van der Waals surface area contributed by atoms with Crippen LogP contribution in [0.4, 0.5) is 5.82 Å². The molecule has 1 amide bonds. The van der Waals surface area contributed by atoms with E-state index in [0.717, 1.165) is 28.3 Å². The van der Waals surface area contributed by atoms with Gasteiger partial charge in [-0.15, -0.1) is 11.3 Å². The van der Waals surface area contributed by atoms with Crippen molar-refractivity contribution in [1.29, 1.82) is 0 Å². The largest absolute Gasteiger partial charge is 0.368 e. The first kappa shape index (κ1) is 14.7. The number of hydrogen-bond donors (Lipinski definition) is 2. The minimum Gasteiger partial charge on any atom is -0.368 e. The van der Waals surface area contributed by atoms with Gasteiger partial charge < -0.3 is 10.6 Å². The van der Waals surface area contributed by atoms with Gasteiger partial charge in [0.1, 0.15) is 16.5 Å². The number of rotatable bonds is 5. The standard InChI is InChI=1S/C14H20N4OS/c1-5-10-17-11(9-6-7-20-12(9)18-10)16-8-14(2,3)13(19)15-4/h6-7H,5,8H2,1-4H3,(H,15,19)(H,16,17,18). The van der Waals surface area contributed by atoms with Crippen molar-refractivity contribution >= 4 is 33.3 Å². The Kier molecular flexibility index (Phi) is 4.23. The topological polar surface area (TPSA) is 66.9 Å². The van der Waals surface area contributed by atoms with Crippen LogP contribution in [0.1, 0.15) is 26.6 Å². The molecule has 0 aliphatic rings. The molecule has 2 rings (SSSR count). The van der Waals surface area contributed by atoms with Crippen LogP contribution in [-0.4, -0.2) is 29.5 Å². The van der Waals surface area contributed by atoms with E-state index in [1.807, 2.05) is 32.2 Å². The second-order valence-corrected chi connectivity index (χ2v) is 6.19. The van der Waals surface area contributed by atoms with Crippen molar-refractivity contribution in [3.63, 3.8) is 0 Å². The molecule has 0 aliphatic heterocycles. The fourth-order valence-corrected chi connectivity index (χ4v) is 2.70. The highest BCUT2D eigenvalue weighted by atomic mass is 32.1. The fraction of sp³-hybridized carbons (Fsp3) is 0.500. The zero-order chi connectivity index (χ0) is 14.8. The normalized spacial score (nSPS) is 11.6. The number of aryl methyl sites for hydroxylation is 1. The highest BCUT2D eigenvalue weighted by Gasteiger charge is 2.26. The number of nitrogens with zero attached hydrogens (tertiary/aromatic N) is 2. The Morgan fingerprint density at radius 3 is 2.80 bits per heavy atom. The summed E-state index contributed by atoms with van der Waals surface area (Å²) >= 11 is 1.60. The fourth-order valence-electron chi connectivity index (χ4n) is 1.92. The first-order valence-corrected chi connectivity index (χ1v) is 7.56. The van der Waals surface area contributed by atoms with Gasteiger partial charge in [0.25, 0.3) is 0 Å². The van der Waals surface area contributed by atoms with E-state index in [9.17, 15) is 4.79 Å². The van der Waals surface area contributed by atoms with Crippen molar-refractivity contribution < 1.29 is 4.79 Å². The van der Waals surface area contributed by atoms with Crippen LogP contribution < -0.4 is 10.6 Å². The summed E-state index contributed by atoms with van der Waals surface area (Å²) in [6.07, 6.45) is 0.793. The lowest BCUT2D eigenvalue weighted by atomic mass is 9.92. The Balaban J connectivity index is 2.25. The van der Waals surface area contributed by atoms with E-state index < -0.39 is 5.41 Å². The lowest BCUT2D eigenvalue weighted by Crippen LogP contribution is -2.39. The molecule has 2 aromatic rings. The quantitative estimate of drug-likeness (QED) is 0.888. The number of fused-ring (bicyclic) bond motifs is 1. The molecule has 0 spiro atoms. The zero-order valence-electron chi connectivity index (χ0n) is 12.3. The van der Waals surface area contributed by atoms with Gasteiger partial charge in [-0.25, -0.2) is 9.97 Å². The van der Waals surface area contributed by atoms with Crippen LogP contribution in [0.15, 0.2) is 11.4 Å². The number of amides is 1. The van der Waals surface area contributed by atoms with E-state index in [1.54, 1.807) is 18.4 Å². The lowest BCUT2D eigenvalue weighted by Gasteiger charge is -2.23. The number of anilines is 1. The second-order valence-electron chi connectivity index (χ2n) is 5.30. The molecular weight excluding hydrogens is 272 g/mol. The molecule has 6 heteroatoms. The third kappa shape index (κ3) is 2.90. The maximum absolute atomic E-state index is 11.8. The highest BCUT2D eigenvalue weighted by Crippen LogP contribution is 2.26. The summed E-state index contributed by atoms with van der Waals surface area (Å²) in [6.45, 7) is 6.38. The molecule has 20 heavy (non-hydrogen) atoms. The van der Waals surface area contributed by atoms with Crippen molar-refractivity contribution in [1.82, 2.24) is 15.3 Å². The highest BCUT2D eigenvalue weighted by molar-refractivity contribution is 7.16. The zero-order valence-corrected chi connectivity index (χ0v) is 13.1. The van der Waals surface area contributed by atoms with Crippen LogP contribution >= 0.6 is 11.3 Å². The van der Waals surface area contributed by atoms with Crippen LogP contribution in [0.3, 0.4) is 0 Å². The van der Waals surface area contributed by atoms with Gasteiger partial charge in [0, 0.05) is 20.0 Å². The smallest absolute Gasteiger partial charge is 0.227 e. The maximum atomic E-state index is 11.8. The van der Waals surface area contributed by atoms with Gasteiger partial charge in [0.05, 0.1) is 10.8 Å². The van der Waals surface area contributed by atoms with Crippen LogP contribution in [0.5, 0.6) is 0 Å². The van der Waals surface area contributed by atoms with Crippen LogP contribution in [0, 0.1) is 5.41 Å². The molecule has 2 aromatic heterocycles. The van der Waals surface area contributed by atoms with Crippen LogP contribution in [-0.2, 0) is 11.2 Å². The molecule has 0 fully saturated rings. The summed E-state index contributed by atoms with van der Waals surface area (Å²) < 4.78 is 0. The number of carbonyl (C=O) groups is 1. The summed E-state index contributed by atoms with van der Waals surface area (Å²) in [5, 5.41) is 9.01. The Morgan fingerprint density at radius 1 is 1.40 bits per heavy atom. The SMILES string of the molecule is CCc1nc(NCC(C)(C)C(=O)NC)c2ccsc2n1. The molecule has 0 aromatic carbocycles. The lowest BCUT2D eigenvalue weighted by molar-refractivity contribution is -0.128. The van der Waals surface area contributed by atoms with E-state index in [4.69, 9.17) is 0 Å². The molecule has 0 saturated heterocycles. The maximum Gasteiger partial charge on any atom is 0.227 e. The van der Waals surface area contributed by atoms with Gasteiger partial charge >= 0.3 is 0 Å². The molecule has 0 saturated carbocycles. The van der Waals surface area contributed by atoms with Gasteiger partial charge in [-0.2, -0.15) is 0 Å². The molecular formula is C14H20N4OS. The number of thiophene rings is 1. The summed E-state index contributed by atoms with van der Waals surface area (Å²) in [5.41, 5.74) is -0.492. The third-order valence-corrected chi connectivity index (χ3v) is 4.03. The average molecular weight is 292 g/mol. The van der Waals surface area contributed by atoms with E-state index >= 15 is 0 Å². The van der Waals surface area contributed by atoms with Gasteiger partial charge in [0.15, 0.2) is 0 Å². The Hall–Kier alpha value is -1.69. The minimum absolute atomic E-state index is 0.0105. The van der Waals surface area contributed by atoms with E-state index in [2.05, 4.69) is 20.6 Å². The van der Waals surface area contributed by atoms with Crippen molar-refractivity contribution in [2.45, 2.75) is 27.2 Å². The molecule has 108 valence electrons. The molecule has 0 unspecified atom stereocenters. The first-order valence-electron chi connectivity index (χ1n) is 6.68. The number of carbonyl (C=O) groups excluding carboxylic acids is 1. The predicted octanol–water partition coefficient (Wildman–Crippen LogP) is 2.44. The Morgan fingerprint density at radius 2 is 2.15 bits per heavy atom. The van der Waals surface area contributed by atoms with Crippen LogP contribution in [0.2, 0.25) is 0 Å². The van der Waals surface area contributed by atoms with Crippen molar-refractivity contribution in [2.75, 3.05) is 18.9 Å². The molecule has 2 N–H and O–H groups in total. The molecule has 0 aliphatic carbocycles. The average Bonchev–Trinajstić information content (AvgIpc) is 2.91. The van der Waals surface area contributed by atoms with Gasteiger partial charge in [-0.1, -0.05) is 6.92 Å². The van der Waals surface area contributed by atoms with Gasteiger partial charge in [-0.05, 0) is 25.3 Å². The Bertz CT molecular complexity index is 621. The van der Waals surface area contributed by atoms with Crippen molar-refractivity contribution in [3.8, 4) is 0 Å². The summed E-state index contributed by atoms with van der Waals surface area (Å²) in [4.78, 5) is 21.8. The van der Waals surface area contributed by atoms with Crippen molar-refractivity contribution in [2.24, 2.45) is 5.41 Å². The van der Waals surface area contributed by atoms with Crippen LogP contribution in [0.25, 0.3) is 10.2 Å². The van der Waals surface area contributed by atoms with Gasteiger partial charge in [-0.3, -0.25) is 4.79 Å². The first-order chi connectivity index (χ1) is 9.47. The van der Waals surface area contributed by atoms with E-state index in [-0.39, 0.29) is 5.91 Å². The third-order valence-electron chi connectivity index (χ3n) is 3.23. The Labute approximate surface area is 122 Å². The van der Waals surface area contributed by atoms with E-state index in [1.165, 1.54) is 0 Å². The second kappa shape index (κ2) is 5.75. The summed E-state index contributed by atoms with van der Waals surface area (Å²) in [7, 11) is 1.65. The molecule has 2 heterocycles. The number of nitrogens with one attached hydrogen (secondary N) is 2. The van der Waals surface area contributed by atoms with Crippen molar-refractivity contribution in [3.05, 3.63) is 17.3 Å². The molecule has 0 atom stereocenters. The van der Waals surface area contributed by atoms with Gasteiger partial charge in [0.2, 0.25) is 5.91 Å². The molecule has 0 bridgehead atoms.